The first-order valence-electron chi connectivity index (χ1n) is 5.27. The molecule has 0 saturated carbocycles. The van der Waals surface area contributed by atoms with Crippen molar-refractivity contribution in [2.24, 2.45) is 0 Å². The predicted molar refractivity (Wildman–Crippen MR) is 67.8 cm³/mol. The summed E-state index contributed by atoms with van der Waals surface area (Å²) in [6.07, 6.45) is 0. The van der Waals surface area contributed by atoms with Crippen LogP contribution < -0.4 is 207 Å². The summed E-state index contributed by atoms with van der Waals surface area (Å²) in [5.74, 6) is 0. The van der Waals surface area contributed by atoms with Crippen molar-refractivity contribution in [1.82, 2.24) is 0 Å². The van der Waals surface area contributed by atoms with E-state index < -0.39 is 50.4 Å². The van der Waals surface area contributed by atoms with Gasteiger partial charge < -0.3 is 13.7 Å². The van der Waals surface area contributed by atoms with Gasteiger partial charge in [-0.2, -0.15) is 0 Å². The second kappa shape index (κ2) is 18.6. The third kappa shape index (κ3) is 13.0. The van der Waals surface area contributed by atoms with Gasteiger partial charge in [-0.3, -0.25) is 0 Å². The number of hydrogen-bond donors (Lipinski definition) is 0. The van der Waals surface area contributed by atoms with Crippen molar-refractivity contribution in [3.63, 3.8) is 0 Å². The summed E-state index contributed by atoms with van der Waals surface area (Å²) in [5.41, 5.74) is 0. The zero-order valence-electron chi connectivity index (χ0n) is 17.3. The SMILES string of the molecule is O=S(=O)([O-])c1cc2ccccc2c(S(=O)(=O)[O-])c1S(=O)(=O)[O-].[Na+].[Na+].[Na+].[Na+].[Na+].[Na+].[Na+]. The monoisotopic (exact) mass is 526 g/mol. The van der Waals surface area contributed by atoms with E-state index in [9.17, 15) is 38.9 Å². The van der Waals surface area contributed by atoms with Gasteiger partial charge in [-0.15, -0.1) is 0 Å². The summed E-state index contributed by atoms with van der Waals surface area (Å²) in [6.45, 7) is 0. The van der Waals surface area contributed by atoms with Crippen LogP contribution in [0.1, 0.15) is 0 Å². The summed E-state index contributed by atoms with van der Waals surface area (Å²) < 4.78 is 101. The molecule has 0 aromatic heterocycles. The van der Waals surface area contributed by atoms with E-state index in [4.69, 9.17) is 0 Å². The van der Waals surface area contributed by atoms with Crippen molar-refractivity contribution in [3.8, 4) is 0 Å². The Labute approximate surface area is 324 Å². The zero-order valence-corrected chi connectivity index (χ0v) is 33.7. The Morgan fingerprint density at radius 2 is 0.931 bits per heavy atom. The fourth-order valence-electron chi connectivity index (χ4n) is 1.94. The first-order valence-corrected chi connectivity index (χ1v) is 9.49. The van der Waals surface area contributed by atoms with Crippen LogP contribution in [0.25, 0.3) is 10.8 Å². The van der Waals surface area contributed by atoms with Crippen LogP contribution >= 0.6 is 0 Å². The van der Waals surface area contributed by atoms with E-state index in [1.807, 2.05) is 0 Å². The van der Waals surface area contributed by atoms with Gasteiger partial charge in [0.05, 0.1) is 14.7 Å². The van der Waals surface area contributed by atoms with Crippen molar-refractivity contribution in [3.05, 3.63) is 30.3 Å². The molecule has 0 aliphatic heterocycles. The Balaban J connectivity index is -0.000000189. The largest absolute Gasteiger partial charge is 1.00 e. The van der Waals surface area contributed by atoms with E-state index in [-0.39, 0.29) is 212 Å². The molecule has 0 unspecified atom stereocenters. The van der Waals surface area contributed by atoms with Crippen LogP contribution in [-0.2, 0) is 30.4 Å². The molecule has 0 radical (unpaired) electrons. The van der Waals surface area contributed by atoms with Crippen molar-refractivity contribution in [2.45, 2.75) is 14.7 Å². The van der Waals surface area contributed by atoms with Gasteiger partial charge in [-0.05, 0) is 11.5 Å². The number of benzene rings is 2. The molecule has 2 aromatic rings. The molecule has 0 amide bonds. The molecule has 0 atom stereocenters. The smallest absolute Gasteiger partial charge is 0.744 e. The molecule has 0 spiro atoms. The molecule has 19 heteroatoms. The van der Waals surface area contributed by atoms with Crippen LogP contribution in [0.2, 0.25) is 0 Å². The molecule has 0 aliphatic rings. The fourth-order valence-corrected chi connectivity index (χ4v) is 5.27. The molecule has 120 valence electrons. The second-order valence-corrected chi connectivity index (χ2v) is 8.10. The van der Waals surface area contributed by atoms with Gasteiger partial charge in [-0.25, -0.2) is 25.3 Å². The maximum absolute atomic E-state index is 11.3. The Bertz CT molecular complexity index is 1100. The molecule has 0 heterocycles. The van der Waals surface area contributed by atoms with Gasteiger partial charge in [0.25, 0.3) is 0 Å². The molecule has 29 heavy (non-hydrogen) atoms. The third-order valence-corrected chi connectivity index (χ3v) is 5.66. The van der Waals surface area contributed by atoms with Crippen LogP contribution in [0.3, 0.4) is 0 Å². The van der Waals surface area contributed by atoms with Crippen molar-refractivity contribution >= 4 is 41.1 Å². The maximum Gasteiger partial charge on any atom is 1.00 e. The summed E-state index contributed by atoms with van der Waals surface area (Å²) in [5, 5.41) is -0.668. The van der Waals surface area contributed by atoms with E-state index in [2.05, 4.69) is 0 Å². The molecular formula is C10H5Na7O9S3+4. The van der Waals surface area contributed by atoms with Gasteiger partial charge >= 0.3 is 207 Å². The van der Waals surface area contributed by atoms with Crippen molar-refractivity contribution < 1.29 is 246 Å². The second-order valence-electron chi connectivity index (χ2n) is 4.12. The zero-order chi connectivity index (χ0) is 16.9. The number of fused-ring (bicyclic) bond motifs is 1. The minimum absolute atomic E-state index is 0. The minimum atomic E-state index is -5.73. The Morgan fingerprint density at radius 1 is 0.552 bits per heavy atom. The Kier molecular flexibility index (Phi) is 30.6. The van der Waals surface area contributed by atoms with Crippen LogP contribution in [-0.4, -0.2) is 38.9 Å². The van der Waals surface area contributed by atoms with Gasteiger partial charge in [0.1, 0.15) is 30.4 Å². The fraction of sp³-hybridized carbons (Fsp3) is 0. The molecule has 0 saturated heterocycles. The van der Waals surface area contributed by atoms with E-state index in [0.29, 0.717) is 6.07 Å². The Hall–Kier alpha value is 5.43. The number of rotatable bonds is 3. The molecule has 0 bridgehead atoms. The minimum Gasteiger partial charge on any atom is -0.744 e. The van der Waals surface area contributed by atoms with Gasteiger partial charge in [0, 0.05) is 5.39 Å². The van der Waals surface area contributed by atoms with E-state index in [0.717, 1.165) is 12.1 Å². The van der Waals surface area contributed by atoms with Crippen LogP contribution in [0.15, 0.2) is 45.0 Å². The molecule has 2 aromatic carbocycles. The molecule has 0 fully saturated rings. The summed E-state index contributed by atoms with van der Waals surface area (Å²) in [6, 6.07) is 5.27. The summed E-state index contributed by atoms with van der Waals surface area (Å²) in [7, 11) is -16.8. The maximum atomic E-state index is 11.3. The Morgan fingerprint density at radius 3 is 1.28 bits per heavy atom. The standard InChI is InChI=1S/C10H8O9S3.7Na/c11-20(12,13)8-5-6-3-1-2-4-7(6)9(21(14,15)16)10(8)22(17,18)19;;;;;;;/h1-5H,(H,11,12,13)(H,14,15,16)(H,17,18,19);;;;;;;/q;7*+1/p-3. The van der Waals surface area contributed by atoms with Crippen LogP contribution in [0.4, 0.5) is 0 Å². The topological polar surface area (TPSA) is 172 Å². The molecule has 2 rings (SSSR count). The first kappa shape index (κ1) is 47.6. The van der Waals surface area contributed by atoms with Crippen LogP contribution in [0, 0.1) is 0 Å². The average Bonchev–Trinajstić information content (AvgIpc) is 2.33. The molecule has 9 nitrogen and oxygen atoms in total. The van der Waals surface area contributed by atoms with Gasteiger partial charge in [-0.1, -0.05) is 24.3 Å². The summed E-state index contributed by atoms with van der Waals surface area (Å²) in [4.78, 5) is -4.97. The third-order valence-electron chi connectivity index (χ3n) is 2.69. The summed E-state index contributed by atoms with van der Waals surface area (Å²) >= 11 is 0. The molecule has 0 aliphatic carbocycles. The van der Waals surface area contributed by atoms with E-state index in [1.165, 1.54) is 12.1 Å². The average molecular weight is 526 g/mol. The number of hydrogen-bond acceptors (Lipinski definition) is 9. The molecule has 0 N–H and O–H groups in total. The predicted octanol–water partition coefficient (Wildman–Crippen LogP) is -21.4. The van der Waals surface area contributed by atoms with Crippen LogP contribution in [0.5, 0.6) is 0 Å². The van der Waals surface area contributed by atoms with Crippen molar-refractivity contribution in [1.29, 1.82) is 0 Å². The van der Waals surface area contributed by atoms with E-state index in [1.54, 1.807) is 0 Å². The molecular weight excluding hydrogens is 521 g/mol. The quantitative estimate of drug-likeness (QED) is 0.278. The van der Waals surface area contributed by atoms with Crippen molar-refractivity contribution in [2.75, 3.05) is 0 Å². The van der Waals surface area contributed by atoms with Gasteiger partial charge in [0.2, 0.25) is 0 Å². The normalized spacial score (nSPS) is 10.2. The van der Waals surface area contributed by atoms with E-state index >= 15 is 0 Å². The first-order chi connectivity index (χ1) is 9.83. The van der Waals surface area contributed by atoms with Gasteiger partial charge in [0.15, 0.2) is 0 Å².